The largest absolute Gasteiger partial charge is 0.362 e. The van der Waals surface area contributed by atoms with E-state index in [1.807, 2.05) is 13.8 Å². The molecule has 0 aliphatic carbocycles. The number of anilines is 1. The zero-order valence-electron chi connectivity index (χ0n) is 8.53. The summed E-state index contributed by atoms with van der Waals surface area (Å²) < 4.78 is 1.64. The lowest BCUT2D eigenvalue weighted by Crippen LogP contribution is -2.25. The van der Waals surface area contributed by atoms with Crippen molar-refractivity contribution in [1.29, 1.82) is 0 Å². The van der Waals surface area contributed by atoms with Crippen molar-refractivity contribution in [2.45, 2.75) is 19.9 Å². The molecule has 4 nitrogen and oxygen atoms in total. The Balaban J connectivity index is 3.01. The zero-order chi connectivity index (χ0) is 10.6. The van der Waals surface area contributed by atoms with Crippen molar-refractivity contribution in [2.75, 3.05) is 11.9 Å². The fraction of sp³-hybridized carbons (Fsp3) is 0.400. The number of aromatic nitrogens is 2. The van der Waals surface area contributed by atoms with E-state index in [4.69, 9.17) is 0 Å². The molecule has 0 aromatic carbocycles. The number of nitrogens with zero attached hydrogens (tertiary/aromatic N) is 2. The average Bonchev–Trinajstić information content (AvgIpc) is 2.16. The molecule has 1 rings (SSSR count). The summed E-state index contributed by atoms with van der Waals surface area (Å²) in [6.07, 6.45) is 4.99. The minimum atomic E-state index is -0.0932. The minimum Gasteiger partial charge on any atom is -0.362 e. The minimum absolute atomic E-state index is 0.0932. The Morgan fingerprint density at radius 3 is 3.00 bits per heavy atom. The molecule has 1 heterocycles. The lowest BCUT2D eigenvalue weighted by atomic mass is 10.4. The summed E-state index contributed by atoms with van der Waals surface area (Å²) in [4.78, 5) is 15.7. The summed E-state index contributed by atoms with van der Waals surface area (Å²) in [7, 11) is 0. The summed E-state index contributed by atoms with van der Waals surface area (Å²) >= 11 is 0. The molecule has 0 amide bonds. The zero-order valence-corrected chi connectivity index (χ0v) is 8.53. The first-order valence-electron chi connectivity index (χ1n) is 4.58. The molecule has 0 bridgehead atoms. The molecule has 1 aromatic heterocycles. The van der Waals surface area contributed by atoms with Gasteiger partial charge in [-0.05, 0) is 13.8 Å². The van der Waals surface area contributed by atoms with Gasteiger partial charge in [0, 0.05) is 25.0 Å². The van der Waals surface area contributed by atoms with E-state index in [-0.39, 0.29) is 11.6 Å². The predicted molar refractivity (Wildman–Crippen MR) is 57.6 cm³/mol. The molecule has 0 atom stereocenters. The first-order valence-corrected chi connectivity index (χ1v) is 4.58. The highest BCUT2D eigenvalue weighted by atomic mass is 16.1. The summed E-state index contributed by atoms with van der Waals surface area (Å²) in [5.41, 5.74) is -0.0932. The summed E-state index contributed by atoms with van der Waals surface area (Å²) in [6, 6.07) is 0.148. The number of nitrogens with one attached hydrogen (secondary N) is 1. The van der Waals surface area contributed by atoms with Crippen LogP contribution in [-0.4, -0.2) is 16.1 Å². The third-order valence-corrected chi connectivity index (χ3v) is 1.84. The van der Waals surface area contributed by atoms with Crippen LogP contribution in [0.1, 0.15) is 19.9 Å². The second kappa shape index (κ2) is 4.60. The lowest BCUT2D eigenvalue weighted by Gasteiger charge is -2.10. The van der Waals surface area contributed by atoms with Crippen molar-refractivity contribution in [3.63, 3.8) is 0 Å². The van der Waals surface area contributed by atoms with Gasteiger partial charge in [0.2, 0.25) is 0 Å². The maximum atomic E-state index is 11.7. The van der Waals surface area contributed by atoms with E-state index in [1.165, 1.54) is 0 Å². The van der Waals surface area contributed by atoms with Crippen LogP contribution in [-0.2, 0) is 0 Å². The van der Waals surface area contributed by atoms with Gasteiger partial charge in [-0.3, -0.25) is 4.79 Å². The van der Waals surface area contributed by atoms with Gasteiger partial charge >= 0.3 is 0 Å². The molecule has 14 heavy (non-hydrogen) atoms. The topological polar surface area (TPSA) is 46.9 Å². The molecule has 4 heteroatoms. The van der Waals surface area contributed by atoms with Gasteiger partial charge < -0.3 is 9.88 Å². The van der Waals surface area contributed by atoms with E-state index < -0.39 is 0 Å². The van der Waals surface area contributed by atoms with Crippen molar-refractivity contribution in [2.24, 2.45) is 0 Å². The van der Waals surface area contributed by atoms with Crippen molar-refractivity contribution in [3.8, 4) is 0 Å². The van der Waals surface area contributed by atoms with Crippen LogP contribution in [0.25, 0.3) is 0 Å². The van der Waals surface area contributed by atoms with Crippen LogP contribution < -0.4 is 10.9 Å². The van der Waals surface area contributed by atoms with E-state index in [1.54, 1.807) is 23.0 Å². The molecule has 0 fully saturated rings. The van der Waals surface area contributed by atoms with Crippen LogP contribution in [0.2, 0.25) is 0 Å². The number of hydrogen-bond donors (Lipinski definition) is 1. The van der Waals surface area contributed by atoms with E-state index in [0.717, 1.165) is 0 Å². The molecule has 1 aromatic rings. The van der Waals surface area contributed by atoms with Gasteiger partial charge in [-0.2, -0.15) is 0 Å². The Morgan fingerprint density at radius 2 is 2.43 bits per heavy atom. The van der Waals surface area contributed by atoms with Crippen molar-refractivity contribution in [3.05, 3.63) is 35.4 Å². The molecule has 1 N–H and O–H groups in total. The summed E-state index contributed by atoms with van der Waals surface area (Å²) in [6.45, 7) is 8.02. The van der Waals surface area contributed by atoms with Crippen molar-refractivity contribution < 1.29 is 0 Å². The third kappa shape index (κ3) is 2.22. The highest BCUT2D eigenvalue weighted by Crippen LogP contribution is 2.00. The van der Waals surface area contributed by atoms with Gasteiger partial charge in [-0.1, -0.05) is 6.08 Å². The summed E-state index contributed by atoms with van der Waals surface area (Å²) in [5.74, 6) is 0.376. The molecule has 0 saturated heterocycles. The molecule has 76 valence electrons. The van der Waals surface area contributed by atoms with Crippen molar-refractivity contribution >= 4 is 5.82 Å². The average molecular weight is 193 g/mol. The Hall–Kier alpha value is -1.58. The maximum absolute atomic E-state index is 11.7. The third-order valence-electron chi connectivity index (χ3n) is 1.84. The fourth-order valence-corrected chi connectivity index (χ4v) is 1.12. The molecule has 0 saturated carbocycles. The summed E-state index contributed by atoms with van der Waals surface area (Å²) in [5, 5.41) is 2.90. The fourth-order valence-electron chi connectivity index (χ4n) is 1.12. The highest BCUT2D eigenvalue weighted by Gasteiger charge is 2.05. The number of rotatable bonds is 4. The Bertz CT molecular complexity index is 368. The number of hydrogen-bond acceptors (Lipinski definition) is 3. The quantitative estimate of drug-likeness (QED) is 0.736. The molecule has 0 aliphatic heterocycles. The van der Waals surface area contributed by atoms with Crippen LogP contribution in [0.5, 0.6) is 0 Å². The van der Waals surface area contributed by atoms with Crippen LogP contribution in [0.15, 0.2) is 29.8 Å². The predicted octanol–water partition coefficient (Wildman–Crippen LogP) is 1.42. The molecule has 0 aliphatic rings. The van der Waals surface area contributed by atoms with Crippen LogP contribution in [0, 0.1) is 0 Å². The highest BCUT2D eigenvalue weighted by molar-refractivity contribution is 5.31. The Kier molecular flexibility index (Phi) is 3.45. The molecular weight excluding hydrogens is 178 g/mol. The van der Waals surface area contributed by atoms with E-state index in [9.17, 15) is 4.79 Å². The maximum Gasteiger partial charge on any atom is 0.293 e. The molecule has 0 spiro atoms. The van der Waals surface area contributed by atoms with Crippen LogP contribution in [0.4, 0.5) is 5.82 Å². The van der Waals surface area contributed by atoms with Gasteiger partial charge in [0.15, 0.2) is 5.82 Å². The monoisotopic (exact) mass is 193 g/mol. The molecule has 0 radical (unpaired) electrons. The van der Waals surface area contributed by atoms with Gasteiger partial charge in [-0.15, -0.1) is 6.58 Å². The lowest BCUT2D eigenvalue weighted by molar-refractivity contribution is 0.575. The van der Waals surface area contributed by atoms with Gasteiger partial charge in [-0.25, -0.2) is 4.98 Å². The van der Waals surface area contributed by atoms with E-state index in [0.29, 0.717) is 12.4 Å². The molecule has 0 unspecified atom stereocenters. The van der Waals surface area contributed by atoms with Gasteiger partial charge in [0.1, 0.15) is 0 Å². The molecular formula is C10H15N3O. The van der Waals surface area contributed by atoms with Gasteiger partial charge in [0.05, 0.1) is 0 Å². The first kappa shape index (κ1) is 10.5. The van der Waals surface area contributed by atoms with E-state index in [2.05, 4.69) is 16.9 Å². The van der Waals surface area contributed by atoms with E-state index >= 15 is 0 Å². The second-order valence-corrected chi connectivity index (χ2v) is 3.25. The van der Waals surface area contributed by atoms with Gasteiger partial charge in [0.25, 0.3) is 5.56 Å². The first-order chi connectivity index (χ1) is 6.66. The Labute approximate surface area is 83.3 Å². The second-order valence-electron chi connectivity index (χ2n) is 3.25. The smallest absolute Gasteiger partial charge is 0.293 e. The van der Waals surface area contributed by atoms with Crippen LogP contribution in [0.3, 0.4) is 0 Å². The Morgan fingerprint density at radius 1 is 1.71 bits per heavy atom. The van der Waals surface area contributed by atoms with Crippen molar-refractivity contribution in [1.82, 2.24) is 9.55 Å². The standard InChI is InChI=1S/C10H15N3O/c1-4-5-11-9-10(14)13(8(2)3)7-6-12-9/h4,6-8H,1,5H2,2-3H3,(H,11,12). The van der Waals surface area contributed by atoms with Crippen LogP contribution >= 0.6 is 0 Å². The normalized spacial score (nSPS) is 10.2. The SMILES string of the molecule is C=CCNc1nccn(C(C)C)c1=O.